The van der Waals surface area contributed by atoms with E-state index in [1.165, 1.54) is 0 Å². The molecular formula is C20H24N2O3. The van der Waals surface area contributed by atoms with Crippen LogP contribution in [0.3, 0.4) is 0 Å². The zero-order valence-electron chi connectivity index (χ0n) is 14.4. The molecule has 0 radical (unpaired) electrons. The van der Waals surface area contributed by atoms with Gasteiger partial charge in [0.1, 0.15) is 11.5 Å². The lowest BCUT2D eigenvalue weighted by molar-refractivity contribution is 0.174. The third-order valence-electron chi connectivity index (χ3n) is 3.75. The highest BCUT2D eigenvalue weighted by Crippen LogP contribution is 2.19. The summed E-state index contributed by atoms with van der Waals surface area (Å²) < 4.78 is 10.8. The molecule has 0 fully saturated rings. The molecule has 1 unspecified atom stereocenters. The summed E-state index contributed by atoms with van der Waals surface area (Å²) in [6.07, 6.45) is 0.635. The SMILES string of the molecule is COc1cccc(C(O)CNCc2cccc(OCCCC#N)c2)c1. The number of unbranched alkanes of at least 4 members (excludes halogenated alkanes) is 1. The van der Waals surface area contributed by atoms with Crippen LogP contribution in [0.2, 0.25) is 0 Å². The van der Waals surface area contributed by atoms with Crippen molar-refractivity contribution in [3.8, 4) is 17.6 Å². The number of aliphatic hydroxyl groups excluding tert-OH is 1. The molecule has 0 bridgehead atoms. The summed E-state index contributed by atoms with van der Waals surface area (Å²) in [5.74, 6) is 1.53. The van der Waals surface area contributed by atoms with E-state index < -0.39 is 6.10 Å². The molecule has 0 saturated carbocycles. The number of aliphatic hydroxyl groups is 1. The molecule has 0 aliphatic rings. The molecule has 132 valence electrons. The molecule has 0 aliphatic carbocycles. The van der Waals surface area contributed by atoms with Gasteiger partial charge >= 0.3 is 0 Å². The monoisotopic (exact) mass is 340 g/mol. The Bertz CT molecular complexity index is 697. The number of ether oxygens (including phenoxy) is 2. The Morgan fingerprint density at radius 2 is 1.96 bits per heavy atom. The molecule has 0 aliphatic heterocycles. The minimum absolute atomic E-state index is 0.445. The molecule has 2 N–H and O–H groups in total. The summed E-state index contributed by atoms with van der Waals surface area (Å²) in [4.78, 5) is 0. The lowest BCUT2D eigenvalue weighted by atomic mass is 10.1. The fourth-order valence-electron chi connectivity index (χ4n) is 2.41. The number of rotatable bonds is 10. The fourth-order valence-corrected chi connectivity index (χ4v) is 2.41. The average molecular weight is 340 g/mol. The summed E-state index contributed by atoms with van der Waals surface area (Å²) >= 11 is 0. The van der Waals surface area contributed by atoms with E-state index in [1.54, 1.807) is 7.11 Å². The van der Waals surface area contributed by atoms with Crippen molar-refractivity contribution in [1.29, 1.82) is 5.26 Å². The largest absolute Gasteiger partial charge is 0.497 e. The van der Waals surface area contributed by atoms with Gasteiger partial charge in [-0.15, -0.1) is 0 Å². The Morgan fingerprint density at radius 3 is 2.76 bits per heavy atom. The fraction of sp³-hybridized carbons (Fsp3) is 0.350. The Balaban J connectivity index is 1.79. The lowest BCUT2D eigenvalue weighted by Gasteiger charge is -2.14. The first-order chi connectivity index (χ1) is 12.2. The van der Waals surface area contributed by atoms with E-state index in [1.807, 2.05) is 48.5 Å². The van der Waals surface area contributed by atoms with E-state index in [-0.39, 0.29) is 0 Å². The second-order valence-electron chi connectivity index (χ2n) is 5.68. The molecule has 2 aromatic carbocycles. The third-order valence-corrected chi connectivity index (χ3v) is 3.75. The van der Waals surface area contributed by atoms with Gasteiger partial charge in [-0.2, -0.15) is 5.26 Å². The molecule has 0 aromatic heterocycles. The maximum atomic E-state index is 10.3. The first-order valence-electron chi connectivity index (χ1n) is 8.34. The summed E-state index contributed by atoms with van der Waals surface area (Å²) in [6.45, 7) is 1.62. The zero-order valence-corrected chi connectivity index (χ0v) is 14.4. The highest BCUT2D eigenvalue weighted by atomic mass is 16.5. The molecule has 2 rings (SSSR count). The minimum atomic E-state index is -0.597. The first-order valence-corrected chi connectivity index (χ1v) is 8.34. The van der Waals surface area contributed by atoms with Crippen molar-refractivity contribution in [2.24, 2.45) is 0 Å². The molecule has 0 amide bonds. The zero-order chi connectivity index (χ0) is 17.9. The highest BCUT2D eigenvalue weighted by Gasteiger charge is 2.08. The van der Waals surface area contributed by atoms with Crippen LogP contribution in [0.4, 0.5) is 0 Å². The molecule has 25 heavy (non-hydrogen) atoms. The van der Waals surface area contributed by atoms with Gasteiger partial charge in [-0.05, 0) is 41.8 Å². The van der Waals surface area contributed by atoms with Gasteiger partial charge < -0.3 is 19.9 Å². The van der Waals surface area contributed by atoms with Gasteiger partial charge in [0, 0.05) is 19.5 Å². The van der Waals surface area contributed by atoms with Crippen molar-refractivity contribution in [2.45, 2.75) is 25.5 Å². The van der Waals surface area contributed by atoms with Crippen LogP contribution < -0.4 is 14.8 Å². The second kappa shape index (κ2) is 10.3. The van der Waals surface area contributed by atoms with Crippen LogP contribution in [0.25, 0.3) is 0 Å². The number of nitrogens with zero attached hydrogens (tertiary/aromatic N) is 1. The number of hydrogen-bond donors (Lipinski definition) is 2. The van der Waals surface area contributed by atoms with Crippen molar-refractivity contribution in [2.75, 3.05) is 20.3 Å². The molecule has 0 spiro atoms. The van der Waals surface area contributed by atoms with Gasteiger partial charge in [0.05, 0.1) is 25.9 Å². The number of nitrogens with one attached hydrogen (secondary N) is 1. The van der Waals surface area contributed by atoms with Crippen LogP contribution in [-0.4, -0.2) is 25.4 Å². The van der Waals surface area contributed by atoms with Crippen molar-refractivity contribution < 1.29 is 14.6 Å². The highest BCUT2D eigenvalue weighted by molar-refractivity contribution is 5.30. The van der Waals surface area contributed by atoms with Gasteiger partial charge in [0.15, 0.2) is 0 Å². The molecule has 5 nitrogen and oxygen atoms in total. The van der Waals surface area contributed by atoms with Crippen molar-refractivity contribution in [1.82, 2.24) is 5.32 Å². The van der Waals surface area contributed by atoms with Crippen LogP contribution in [0, 0.1) is 11.3 Å². The standard InChI is InChI=1S/C20H24N2O3/c1-24-18-8-5-7-17(13-18)20(23)15-22-14-16-6-4-9-19(12-16)25-11-3-2-10-21/h4-9,12-13,20,22-23H,2-3,11,14-15H2,1H3. The van der Waals surface area contributed by atoms with Crippen LogP contribution in [0.15, 0.2) is 48.5 Å². The Labute approximate surface area is 148 Å². The van der Waals surface area contributed by atoms with Gasteiger partial charge in [-0.3, -0.25) is 0 Å². The molecule has 1 atom stereocenters. The lowest BCUT2D eigenvalue weighted by Crippen LogP contribution is -2.21. The van der Waals surface area contributed by atoms with Gasteiger partial charge in [0.2, 0.25) is 0 Å². The minimum Gasteiger partial charge on any atom is -0.497 e. The molecule has 0 saturated heterocycles. The van der Waals surface area contributed by atoms with Crippen molar-refractivity contribution in [3.05, 3.63) is 59.7 Å². The van der Waals surface area contributed by atoms with Crippen LogP contribution in [0.1, 0.15) is 30.1 Å². The molecule has 2 aromatic rings. The summed E-state index contributed by atoms with van der Waals surface area (Å²) in [5.41, 5.74) is 1.90. The topological polar surface area (TPSA) is 74.5 Å². The third kappa shape index (κ3) is 6.46. The molecular weight excluding hydrogens is 316 g/mol. The summed E-state index contributed by atoms with van der Waals surface area (Å²) in [7, 11) is 1.61. The molecule has 0 heterocycles. The maximum Gasteiger partial charge on any atom is 0.119 e. The Hall–Kier alpha value is -2.55. The number of methoxy groups -OCH3 is 1. The van der Waals surface area contributed by atoms with Crippen LogP contribution >= 0.6 is 0 Å². The summed E-state index contributed by atoms with van der Waals surface area (Å²) in [5, 5.41) is 22.0. The predicted octanol–water partition coefficient (Wildman–Crippen LogP) is 3.20. The van der Waals surface area contributed by atoms with E-state index >= 15 is 0 Å². The number of nitriles is 1. The van der Waals surface area contributed by atoms with E-state index in [2.05, 4.69) is 11.4 Å². The van der Waals surface area contributed by atoms with E-state index in [0.29, 0.717) is 26.1 Å². The number of benzene rings is 2. The number of hydrogen-bond acceptors (Lipinski definition) is 5. The van der Waals surface area contributed by atoms with E-state index in [9.17, 15) is 5.11 Å². The smallest absolute Gasteiger partial charge is 0.119 e. The maximum absolute atomic E-state index is 10.3. The van der Waals surface area contributed by atoms with Gasteiger partial charge in [-0.1, -0.05) is 24.3 Å². The van der Waals surface area contributed by atoms with Gasteiger partial charge in [0.25, 0.3) is 0 Å². The quantitative estimate of drug-likeness (QED) is 0.650. The van der Waals surface area contributed by atoms with Crippen molar-refractivity contribution in [3.63, 3.8) is 0 Å². The normalized spacial score (nSPS) is 11.6. The van der Waals surface area contributed by atoms with Crippen LogP contribution in [-0.2, 0) is 6.54 Å². The van der Waals surface area contributed by atoms with Crippen molar-refractivity contribution >= 4 is 0 Å². The van der Waals surface area contributed by atoms with Crippen LogP contribution in [0.5, 0.6) is 11.5 Å². The Morgan fingerprint density at radius 1 is 1.16 bits per heavy atom. The molecule has 5 heteroatoms. The summed E-state index contributed by atoms with van der Waals surface area (Å²) in [6, 6.07) is 17.4. The van der Waals surface area contributed by atoms with E-state index in [4.69, 9.17) is 14.7 Å². The van der Waals surface area contributed by atoms with E-state index in [0.717, 1.165) is 29.0 Å². The second-order valence-corrected chi connectivity index (χ2v) is 5.68. The first kappa shape index (κ1) is 18.8. The average Bonchev–Trinajstić information content (AvgIpc) is 2.65. The Kier molecular flexibility index (Phi) is 7.77. The predicted molar refractivity (Wildman–Crippen MR) is 96.4 cm³/mol. The van der Waals surface area contributed by atoms with Gasteiger partial charge in [-0.25, -0.2) is 0 Å².